The first-order chi connectivity index (χ1) is 6.28. The molecule has 0 heterocycles. The van der Waals surface area contributed by atoms with Gasteiger partial charge in [-0.05, 0) is 32.0 Å². The molecular weight excluding hydrogens is 162 g/mol. The van der Waals surface area contributed by atoms with Crippen LogP contribution in [0.25, 0.3) is 0 Å². The minimum Gasteiger partial charge on any atom is -0.384 e. The Morgan fingerprint density at radius 3 is 2.15 bits per heavy atom. The van der Waals surface area contributed by atoms with Gasteiger partial charge in [-0.15, -0.1) is 0 Å². The Bertz CT molecular complexity index is 102. The van der Waals surface area contributed by atoms with Crippen LogP contribution >= 0.6 is 0 Å². The molecule has 0 aliphatic rings. The van der Waals surface area contributed by atoms with E-state index in [1.165, 1.54) is 32.5 Å². The van der Waals surface area contributed by atoms with Crippen molar-refractivity contribution in [2.75, 3.05) is 33.4 Å². The maximum atomic E-state index is 5.18. The van der Waals surface area contributed by atoms with Crippen LogP contribution in [0.4, 0.5) is 0 Å². The normalized spacial score (nSPS) is 13.6. The molecule has 0 saturated carbocycles. The number of hydrogen-bond acceptors (Lipinski definition) is 2. The third-order valence-corrected chi connectivity index (χ3v) is 2.73. The highest BCUT2D eigenvalue weighted by atomic mass is 16.5. The van der Waals surface area contributed by atoms with Gasteiger partial charge in [0.1, 0.15) is 0 Å². The minimum absolute atomic E-state index is 0.741. The average Bonchev–Trinajstić information content (AvgIpc) is 2.17. The fraction of sp³-hybridized carbons (Fsp3) is 1.00. The van der Waals surface area contributed by atoms with Gasteiger partial charge in [0.05, 0.1) is 0 Å². The molecule has 1 atom stereocenters. The van der Waals surface area contributed by atoms with Crippen molar-refractivity contribution >= 4 is 0 Å². The topological polar surface area (TPSA) is 12.5 Å². The van der Waals surface area contributed by atoms with Crippen molar-refractivity contribution in [1.82, 2.24) is 4.90 Å². The lowest BCUT2D eigenvalue weighted by Crippen LogP contribution is -2.26. The molecule has 2 nitrogen and oxygen atoms in total. The van der Waals surface area contributed by atoms with E-state index in [-0.39, 0.29) is 0 Å². The molecule has 0 aromatic heterocycles. The second-order valence-corrected chi connectivity index (χ2v) is 3.55. The van der Waals surface area contributed by atoms with Crippen LogP contribution in [-0.4, -0.2) is 38.3 Å². The lowest BCUT2D eigenvalue weighted by molar-refractivity contribution is 0.136. The van der Waals surface area contributed by atoms with Gasteiger partial charge < -0.3 is 9.64 Å². The van der Waals surface area contributed by atoms with Crippen molar-refractivity contribution in [3.63, 3.8) is 0 Å². The third kappa shape index (κ3) is 6.05. The second-order valence-electron chi connectivity index (χ2n) is 3.55. The monoisotopic (exact) mass is 187 g/mol. The van der Waals surface area contributed by atoms with Gasteiger partial charge in [-0.3, -0.25) is 0 Å². The van der Waals surface area contributed by atoms with E-state index in [2.05, 4.69) is 25.7 Å². The van der Waals surface area contributed by atoms with Crippen LogP contribution in [0.3, 0.4) is 0 Å². The zero-order valence-corrected chi connectivity index (χ0v) is 9.68. The van der Waals surface area contributed by atoms with E-state index in [0.29, 0.717) is 0 Å². The first-order valence-corrected chi connectivity index (χ1v) is 5.49. The van der Waals surface area contributed by atoms with Gasteiger partial charge in [-0.1, -0.05) is 27.2 Å². The fourth-order valence-corrected chi connectivity index (χ4v) is 1.55. The molecule has 0 saturated heterocycles. The lowest BCUT2D eigenvalue weighted by Gasteiger charge is -2.21. The molecule has 0 aliphatic carbocycles. The van der Waals surface area contributed by atoms with Crippen LogP contribution in [0.2, 0.25) is 0 Å². The Balaban J connectivity index is 3.56. The maximum Gasteiger partial charge on any atom is 0.0490 e. The number of rotatable bonds is 8. The van der Waals surface area contributed by atoms with Crippen LogP contribution in [0.5, 0.6) is 0 Å². The Hall–Kier alpha value is -0.0800. The Labute approximate surface area is 83.3 Å². The minimum atomic E-state index is 0.741. The van der Waals surface area contributed by atoms with Gasteiger partial charge in [0.2, 0.25) is 0 Å². The number of nitrogens with zero attached hydrogens (tertiary/aromatic N) is 1. The van der Waals surface area contributed by atoms with Crippen molar-refractivity contribution < 1.29 is 4.74 Å². The summed E-state index contributed by atoms with van der Waals surface area (Å²) in [6.07, 6.45) is 2.50. The van der Waals surface area contributed by atoms with E-state index in [4.69, 9.17) is 4.74 Å². The number of hydrogen-bond donors (Lipinski definition) is 0. The van der Waals surface area contributed by atoms with Crippen molar-refractivity contribution in [2.24, 2.45) is 5.92 Å². The predicted octanol–water partition coefficient (Wildman–Crippen LogP) is 2.39. The summed E-state index contributed by atoms with van der Waals surface area (Å²) in [4.78, 5) is 2.47. The number of ether oxygens (including phenoxy) is 1. The summed E-state index contributed by atoms with van der Waals surface area (Å²) in [7, 11) is 1.79. The molecule has 2 heteroatoms. The fourth-order valence-electron chi connectivity index (χ4n) is 1.55. The summed E-state index contributed by atoms with van der Waals surface area (Å²) >= 11 is 0. The standard InChI is InChI=1S/C11H25NO/c1-5-11(10-13-4)8-9-12(6-2)7-3/h11H,5-10H2,1-4H3. The van der Waals surface area contributed by atoms with Gasteiger partial charge in [0.15, 0.2) is 0 Å². The molecule has 0 amide bonds. The van der Waals surface area contributed by atoms with Crippen LogP contribution in [0, 0.1) is 5.92 Å². The molecule has 80 valence electrons. The first-order valence-electron chi connectivity index (χ1n) is 5.49. The smallest absolute Gasteiger partial charge is 0.0490 e. The molecule has 0 fully saturated rings. The predicted molar refractivity (Wildman–Crippen MR) is 58.1 cm³/mol. The largest absolute Gasteiger partial charge is 0.384 e. The van der Waals surface area contributed by atoms with E-state index >= 15 is 0 Å². The third-order valence-electron chi connectivity index (χ3n) is 2.73. The molecule has 0 radical (unpaired) electrons. The Morgan fingerprint density at radius 1 is 1.15 bits per heavy atom. The molecule has 0 spiro atoms. The molecule has 0 aliphatic heterocycles. The van der Waals surface area contributed by atoms with Gasteiger partial charge in [-0.25, -0.2) is 0 Å². The van der Waals surface area contributed by atoms with Gasteiger partial charge in [0, 0.05) is 13.7 Å². The summed E-state index contributed by atoms with van der Waals surface area (Å²) in [5.41, 5.74) is 0. The molecule has 0 aromatic carbocycles. The van der Waals surface area contributed by atoms with Crippen molar-refractivity contribution in [1.29, 1.82) is 0 Å². The highest BCUT2D eigenvalue weighted by molar-refractivity contribution is 4.60. The molecule has 13 heavy (non-hydrogen) atoms. The molecular formula is C11H25NO. The van der Waals surface area contributed by atoms with E-state index in [0.717, 1.165) is 12.5 Å². The molecule has 0 aromatic rings. The molecule has 1 unspecified atom stereocenters. The van der Waals surface area contributed by atoms with Crippen LogP contribution in [-0.2, 0) is 4.74 Å². The van der Waals surface area contributed by atoms with Gasteiger partial charge >= 0.3 is 0 Å². The van der Waals surface area contributed by atoms with Crippen LogP contribution in [0.1, 0.15) is 33.6 Å². The molecule has 0 rings (SSSR count). The molecule has 0 N–H and O–H groups in total. The maximum absolute atomic E-state index is 5.18. The number of methoxy groups -OCH3 is 1. The second kappa shape index (κ2) is 8.52. The Morgan fingerprint density at radius 2 is 1.77 bits per heavy atom. The lowest BCUT2D eigenvalue weighted by atomic mass is 10.0. The summed E-state index contributed by atoms with van der Waals surface area (Å²) in [5, 5.41) is 0. The van der Waals surface area contributed by atoms with Gasteiger partial charge in [0.25, 0.3) is 0 Å². The first kappa shape index (κ1) is 12.9. The quantitative estimate of drug-likeness (QED) is 0.578. The van der Waals surface area contributed by atoms with Crippen LogP contribution < -0.4 is 0 Å². The van der Waals surface area contributed by atoms with E-state index in [9.17, 15) is 0 Å². The summed E-state index contributed by atoms with van der Waals surface area (Å²) < 4.78 is 5.18. The Kier molecular flexibility index (Phi) is 8.46. The summed E-state index contributed by atoms with van der Waals surface area (Å²) in [6.45, 7) is 11.2. The summed E-state index contributed by atoms with van der Waals surface area (Å²) in [5.74, 6) is 0.741. The van der Waals surface area contributed by atoms with Crippen molar-refractivity contribution in [3.8, 4) is 0 Å². The SMILES string of the molecule is CCC(CCN(CC)CC)COC. The molecule has 0 bridgehead atoms. The van der Waals surface area contributed by atoms with E-state index in [1.54, 1.807) is 7.11 Å². The van der Waals surface area contributed by atoms with Crippen molar-refractivity contribution in [3.05, 3.63) is 0 Å². The summed E-state index contributed by atoms with van der Waals surface area (Å²) in [6, 6.07) is 0. The highest BCUT2D eigenvalue weighted by Crippen LogP contribution is 2.09. The highest BCUT2D eigenvalue weighted by Gasteiger charge is 2.07. The average molecular weight is 187 g/mol. The van der Waals surface area contributed by atoms with Crippen LogP contribution in [0.15, 0.2) is 0 Å². The van der Waals surface area contributed by atoms with E-state index < -0.39 is 0 Å². The van der Waals surface area contributed by atoms with Gasteiger partial charge in [-0.2, -0.15) is 0 Å². The van der Waals surface area contributed by atoms with E-state index in [1.807, 2.05) is 0 Å². The zero-order chi connectivity index (χ0) is 10.1. The van der Waals surface area contributed by atoms with Crippen molar-refractivity contribution in [2.45, 2.75) is 33.6 Å². The zero-order valence-electron chi connectivity index (χ0n) is 9.68.